The van der Waals surface area contributed by atoms with Gasteiger partial charge in [0.15, 0.2) is 5.75 Å². The molecule has 1 aromatic rings. The third kappa shape index (κ3) is 2.58. The van der Waals surface area contributed by atoms with Crippen LogP contribution in [-0.4, -0.2) is 5.11 Å². The fraction of sp³-hybridized carbons (Fsp3) is 0.462. The van der Waals surface area contributed by atoms with Crippen LogP contribution in [0.15, 0.2) is 23.0 Å². The predicted octanol–water partition coefficient (Wildman–Crippen LogP) is 3.00. The summed E-state index contributed by atoms with van der Waals surface area (Å²) in [5, 5.41) is 9.38. The Morgan fingerprint density at radius 3 is 2.00 bits per heavy atom. The van der Waals surface area contributed by atoms with Gasteiger partial charge in [-0.3, -0.25) is 4.79 Å². The van der Waals surface area contributed by atoms with Crippen molar-refractivity contribution in [2.75, 3.05) is 0 Å². The highest BCUT2D eigenvalue weighted by atomic mass is 16.3. The number of hydrogen-bond donors (Lipinski definition) is 1. The van der Waals surface area contributed by atoms with E-state index in [0.717, 1.165) is 11.1 Å². The zero-order valence-electron chi connectivity index (χ0n) is 9.74. The molecule has 0 aromatic heterocycles. The van der Waals surface area contributed by atoms with Gasteiger partial charge in [-0.25, -0.2) is 0 Å². The van der Waals surface area contributed by atoms with E-state index in [-0.39, 0.29) is 11.2 Å². The summed E-state index contributed by atoms with van der Waals surface area (Å²) in [5.74, 6) is 0.472. The third-order valence-electron chi connectivity index (χ3n) is 2.54. The van der Waals surface area contributed by atoms with Crippen molar-refractivity contribution in [2.45, 2.75) is 39.5 Å². The van der Waals surface area contributed by atoms with Crippen molar-refractivity contribution in [1.82, 2.24) is 0 Å². The topological polar surface area (TPSA) is 37.3 Å². The van der Waals surface area contributed by atoms with Crippen LogP contribution in [0.25, 0.3) is 0 Å². The molecule has 2 heteroatoms. The fourth-order valence-corrected chi connectivity index (χ4v) is 1.67. The lowest BCUT2D eigenvalue weighted by molar-refractivity contribution is 0.471. The molecule has 0 heterocycles. The van der Waals surface area contributed by atoms with Crippen molar-refractivity contribution < 1.29 is 5.11 Å². The SMILES string of the molecule is CC(C)c1ccc(O)c(=O)cc1C(C)C. The third-order valence-corrected chi connectivity index (χ3v) is 2.54. The van der Waals surface area contributed by atoms with Crippen LogP contribution in [-0.2, 0) is 0 Å². The fourth-order valence-electron chi connectivity index (χ4n) is 1.67. The summed E-state index contributed by atoms with van der Waals surface area (Å²) < 4.78 is 0. The van der Waals surface area contributed by atoms with E-state index >= 15 is 0 Å². The van der Waals surface area contributed by atoms with Crippen LogP contribution >= 0.6 is 0 Å². The molecule has 0 fully saturated rings. The Morgan fingerprint density at radius 1 is 1.00 bits per heavy atom. The van der Waals surface area contributed by atoms with Crippen LogP contribution in [0.2, 0.25) is 0 Å². The van der Waals surface area contributed by atoms with Gasteiger partial charge < -0.3 is 5.11 Å². The van der Waals surface area contributed by atoms with E-state index in [9.17, 15) is 9.90 Å². The molecule has 0 saturated heterocycles. The monoisotopic (exact) mass is 206 g/mol. The van der Waals surface area contributed by atoms with Crippen LogP contribution in [0.5, 0.6) is 5.75 Å². The van der Waals surface area contributed by atoms with Crippen LogP contribution in [0.1, 0.15) is 50.7 Å². The van der Waals surface area contributed by atoms with Crippen molar-refractivity contribution in [2.24, 2.45) is 0 Å². The quantitative estimate of drug-likeness (QED) is 0.807. The lowest BCUT2D eigenvalue weighted by Gasteiger charge is -2.12. The first-order valence-electron chi connectivity index (χ1n) is 5.30. The Balaban J connectivity index is 3.53. The summed E-state index contributed by atoms with van der Waals surface area (Å²) in [6, 6.07) is 4.88. The van der Waals surface area contributed by atoms with Crippen molar-refractivity contribution in [1.29, 1.82) is 0 Å². The highest BCUT2D eigenvalue weighted by Gasteiger charge is 2.10. The summed E-state index contributed by atoms with van der Waals surface area (Å²) >= 11 is 0. The normalized spacial score (nSPS) is 11.1. The van der Waals surface area contributed by atoms with E-state index in [1.165, 1.54) is 6.07 Å². The minimum Gasteiger partial charge on any atom is -0.504 e. The first-order valence-corrected chi connectivity index (χ1v) is 5.30. The minimum atomic E-state index is -0.300. The van der Waals surface area contributed by atoms with Gasteiger partial charge in [0.1, 0.15) is 0 Å². The van der Waals surface area contributed by atoms with E-state index in [1.54, 1.807) is 6.07 Å². The van der Waals surface area contributed by atoms with Gasteiger partial charge in [-0.15, -0.1) is 0 Å². The maximum absolute atomic E-state index is 11.5. The van der Waals surface area contributed by atoms with Crippen molar-refractivity contribution in [3.8, 4) is 5.75 Å². The molecule has 0 atom stereocenters. The van der Waals surface area contributed by atoms with Crippen LogP contribution in [0.4, 0.5) is 0 Å². The number of aromatic hydroxyl groups is 1. The maximum Gasteiger partial charge on any atom is 0.220 e. The zero-order chi connectivity index (χ0) is 11.6. The number of hydrogen-bond acceptors (Lipinski definition) is 2. The summed E-state index contributed by atoms with van der Waals surface area (Å²) in [7, 11) is 0. The van der Waals surface area contributed by atoms with Gasteiger partial charge >= 0.3 is 0 Å². The first kappa shape index (κ1) is 11.8. The lowest BCUT2D eigenvalue weighted by Crippen LogP contribution is -2.00. The van der Waals surface area contributed by atoms with Gasteiger partial charge in [0, 0.05) is 0 Å². The molecule has 1 N–H and O–H groups in total. The molecule has 0 spiro atoms. The molecule has 82 valence electrons. The molecule has 0 amide bonds. The Hall–Kier alpha value is -1.31. The second-order valence-electron chi connectivity index (χ2n) is 4.45. The summed E-state index contributed by atoms with van der Waals surface area (Å²) in [4.78, 5) is 11.5. The predicted molar refractivity (Wildman–Crippen MR) is 62.6 cm³/mol. The highest BCUT2D eigenvalue weighted by molar-refractivity contribution is 5.35. The molecule has 15 heavy (non-hydrogen) atoms. The van der Waals surface area contributed by atoms with Crippen molar-refractivity contribution in [3.05, 3.63) is 39.5 Å². The van der Waals surface area contributed by atoms with Gasteiger partial charge in [0.05, 0.1) is 0 Å². The molecular formula is C13H18O2. The van der Waals surface area contributed by atoms with E-state index in [2.05, 4.69) is 27.7 Å². The smallest absolute Gasteiger partial charge is 0.220 e. The zero-order valence-corrected chi connectivity index (χ0v) is 9.74. The average Bonchev–Trinajstić information content (AvgIpc) is 2.27. The van der Waals surface area contributed by atoms with E-state index in [1.807, 2.05) is 6.07 Å². The molecular weight excluding hydrogens is 188 g/mol. The number of rotatable bonds is 2. The summed E-state index contributed by atoms with van der Waals surface area (Å²) in [5.41, 5.74) is 1.85. The molecule has 0 bridgehead atoms. The average molecular weight is 206 g/mol. The molecule has 0 unspecified atom stereocenters. The van der Waals surface area contributed by atoms with Crippen LogP contribution in [0, 0.1) is 0 Å². The second-order valence-corrected chi connectivity index (χ2v) is 4.45. The highest BCUT2D eigenvalue weighted by Crippen LogP contribution is 2.24. The van der Waals surface area contributed by atoms with Gasteiger partial charge in [-0.05, 0) is 35.1 Å². The maximum atomic E-state index is 11.5. The Morgan fingerprint density at radius 2 is 1.53 bits per heavy atom. The van der Waals surface area contributed by atoms with E-state index < -0.39 is 0 Å². The molecule has 2 nitrogen and oxygen atoms in total. The Labute approximate surface area is 90.6 Å². The van der Waals surface area contributed by atoms with Crippen LogP contribution < -0.4 is 5.43 Å². The Bertz CT molecular complexity index is 406. The second kappa shape index (κ2) is 4.47. The van der Waals surface area contributed by atoms with Gasteiger partial charge in [0.2, 0.25) is 5.43 Å². The molecule has 1 aromatic carbocycles. The molecule has 0 aliphatic rings. The van der Waals surface area contributed by atoms with E-state index in [4.69, 9.17) is 0 Å². The molecule has 0 saturated carbocycles. The summed E-state index contributed by atoms with van der Waals surface area (Å²) in [6.45, 7) is 8.28. The molecule has 0 aliphatic carbocycles. The van der Waals surface area contributed by atoms with Crippen molar-refractivity contribution >= 4 is 0 Å². The van der Waals surface area contributed by atoms with Gasteiger partial charge in [0.25, 0.3) is 0 Å². The molecule has 0 aliphatic heterocycles. The largest absolute Gasteiger partial charge is 0.504 e. The van der Waals surface area contributed by atoms with Crippen LogP contribution in [0.3, 0.4) is 0 Å². The lowest BCUT2D eigenvalue weighted by atomic mass is 9.93. The Kier molecular flexibility index (Phi) is 3.51. The van der Waals surface area contributed by atoms with Gasteiger partial charge in [-0.2, -0.15) is 0 Å². The summed E-state index contributed by atoms with van der Waals surface area (Å²) in [6.07, 6.45) is 0. The van der Waals surface area contributed by atoms with Gasteiger partial charge in [-0.1, -0.05) is 33.8 Å². The molecule has 1 rings (SSSR count). The first-order chi connectivity index (χ1) is 6.93. The molecule has 0 radical (unpaired) electrons. The van der Waals surface area contributed by atoms with Crippen molar-refractivity contribution in [3.63, 3.8) is 0 Å². The van der Waals surface area contributed by atoms with E-state index in [0.29, 0.717) is 11.8 Å². The standard InChI is InChI=1S/C13H18O2/c1-8(2)10-5-6-12(14)13(15)7-11(10)9(3)4/h5-9H,1-4H3,(H,14,15). The minimum absolute atomic E-state index is 0.177.